The lowest BCUT2D eigenvalue weighted by Crippen LogP contribution is -2.19. The summed E-state index contributed by atoms with van der Waals surface area (Å²) in [6, 6.07) is 6.82. The molecule has 19 heavy (non-hydrogen) atoms. The van der Waals surface area contributed by atoms with Crippen molar-refractivity contribution < 1.29 is 17.9 Å². The van der Waals surface area contributed by atoms with Crippen molar-refractivity contribution in [2.24, 2.45) is 0 Å². The minimum absolute atomic E-state index is 0.216. The third-order valence-electron chi connectivity index (χ3n) is 2.48. The number of hydrogen-bond acceptors (Lipinski definition) is 2. The van der Waals surface area contributed by atoms with E-state index in [1.165, 1.54) is 17.4 Å². The quantitative estimate of drug-likeness (QED) is 0.767. The second-order valence-corrected chi connectivity index (χ2v) is 4.62. The third kappa shape index (κ3) is 3.38. The second-order valence-electron chi connectivity index (χ2n) is 3.84. The van der Waals surface area contributed by atoms with E-state index in [4.69, 9.17) is 4.74 Å². The Kier molecular flexibility index (Phi) is 3.95. The van der Waals surface area contributed by atoms with E-state index in [0.717, 1.165) is 11.1 Å². The molecule has 0 aliphatic carbocycles. The van der Waals surface area contributed by atoms with E-state index in [0.29, 0.717) is 5.56 Å². The molecular formula is C14H11F3OS. The summed E-state index contributed by atoms with van der Waals surface area (Å²) in [6.07, 6.45) is -2.75. The first-order valence-electron chi connectivity index (χ1n) is 5.49. The summed E-state index contributed by atoms with van der Waals surface area (Å²) in [6.45, 7) is 2.38. The molecule has 1 aromatic carbocycles. The lowest BCUT2D eigenvalue weighted by Gasteiger charge is -2.14. The number of alkyl halides is 3. The SMILES string of the molecule is C=Cc1cccc(OCC(F)(F)F)c1-c1ccsc1. The number of hydrogen-bond donors (Lipinski definition) is 0. The van der Waals surface area contributed by atoms with Gasteiger partial charge in [0.25, 0.3) is 0 Å². The molecule has 0 N–H and O–H groups in total. The van der Waals surface area contributed by atoms with Crippen LogP contribution in [0.3, 0.4) is 0 Å². The maximum absolute atomic E-state index is 12.3. The molecule has 2 aromatic rings. The predicted octanol–water partition coefficient (Wildman–Crippen LogP) is 5.00. The first-order valence-corrected chi connectivity index (χ1v) is 6.43. The van der Waals surface area contributed by atoms with Gasteiger partial charge < -0.3 is 4.74 Å². The highest BCUT2D eigenvalue weighted by Gasteiger charge is 2.29. The van der Waals surface area contributed by atoms with E-state index >= 15 is 0 Å². The molecule has 0 radical (unpaired) electrons. The van der Waals surface area contributed by atoms with E-state index in [1.807, 2.05) is 16.8 Å². The van der Waals surface area contributed by atoms with Gasteiger partial charge in [-0.05, 0) is 34.0 Å². The first kappa shape index (κ1) is 13.7. The third-order valence-corrected chi connectivity index (χ3v) is 3.16. The molecule has 0 fully saturated rings. The van der Waals surface area contributed by atoms with Crippen molar-refractivity contribution in [3.05, 3.63) is 47.2 Å². The van der Waals surface area contributed by atoms with Crippen molar-refractivity contribution in [2.45, 2.75) is 6.18 Å². The number of thiophene rings is 1. The van der Waals surface area contributed by atoms with E-state index in [1.54, 1.807) is 18.2 Å². The van der Waals surface area contributed by atoms with Crippen LogP contribution >= 0.6 is 11.3 Å². The molecule has 0 aliphatic rings. The summed E-state index contributed by atoms with van der Waals surface area (Å²) in [5.41, 5.74) is 2.22. The molecule has 0 atom stereocenters. The zero-order valence-electron chi connectivity index (χ0n) is 9.91. The Balaban J connectivity index is 2.40. The monoisotopic (exact) mass is 284 g/mol. The van der Waals surface area contributed by atoms with Gasteiger partial charge in [0.15, 0.2) is 6.61 Å². The number of ether oxygens (including phenoxy) is 1. The smallest absolute Gasteiger partial charge is 0.422 e. The van der Waals surface area contributed by atoms with Gasteiger partial charge in [-0.15, -0.1) is 0 Å². The fourth-order valence-electron chi connectivity index (χ4n) is 1.71. The van der Waals surface area contributed by atoms with Crippen molar-refractivity contribution in [3.63, 3.8) is 0 Å². The van der Waals surface area contributed by atoms with Crippen LogP contribution in [0.1, 0.15) is 5.56 Å². The van der Waals surface area contributed by atoms with Gasteiger partial charge in [-0.2, -0.15) is 24.5 Å². The van der Waals surface area contributed by atoms with E-state index in [2.05, 4.69) is 6.58 Å². The maximum atomic E-state index is 12.3. The molecule has 0 saturated carbocycles. The van der Waals surface area contributed by atoms with Crippen LogP contribution in [-0.4, -0.2) is 12.8 Å². The van der Waals surface area contributed by atoms with Crippen LogP contribution in [0.2, 0.25) is 0 Å². The average Bonchev–Trinajstić information content (AvgIpc) is 2.88. The van der Waals surface area contributed by atoms with E-state index in [-0.39, 0.29) is 5.75 Å². The van der Waals surface area contributed by atoms with Gasteiger partial charge in [0.1, 0.15) is 5.75 Å². The first-order chi connectivity index (χ1) is 9.01. The molecule has 0 unspecified atom stereocenters. The van der Waals surface area contributed by atoms with E-state index in [9.17, 15) is 13.2 Å². The molecular weight excluding hydrogens is 273 g/mol. The van der Waals surface area contributed by atoms with Crippen LogP contribution in [0.5, 0.6) is 5.75 Å². The predicted molar refractivity (Wildman–Crippen MR) is 71.4 cm³/mol. The molecule has 100 valence electrons. The Morgan fingerprint density at radius 1 is 1.26 bits per heavy atom. The molecule has 1 heterocycles. The topological polar surface area (TPSA) is 9.23 Å². The number of rotatable bonds is 4. The van der Waals surface area contributed by atoms with Crippen molar-refractivity contribution in [2.75, 3.05) is 6.61 Å². The van der Waals surface area contributed by atoms with Crippen LogP contribution in [0.25, 0.3) is 17.2 Å². The van der Waals surface area contributed by atoms with Crippen molar-refractivity contribution in [1.29, 1.82) is 0 Å². The minimum atomic E-state index is -4.35. The van der Waals surface area contributed by atoms with Crippen LogP contribution in [0.4, 0.5) is 13.2 Å². The van der Waals surface area contributed by atoms with Gasteiger partial charge in [0.05, 0.1) is 0 Å². The van der Waals surface area contributed by atoms with Crippen LogP contribution in [0, 0.1) is 0 Å². The molecule has 2 rings (SSSR count). The maximum Gasteiger partial charge on any atom is 0.422 e. The average molecular weight is 284 g/mol. The van der Waals surface area contributed by atoms with Crippen molar-refractivity contribution in [3.8, 4) is 16.9 Å². The lowest BCUT2D eigenvalue weighted by molar-refractivity contribution is -0.153. The molecule has 1 nitrogen and oxygen atoms in total. The van der Waals surface area contributed by atoms with Crippen molar-refractivity contribution in [1.82, 2.24) is 0 Å². The lowest BCUT2D eigenvalue weighted by atomic mass is 10.0. The van der Waals surface area contributed by atoms with Crippen LogP contribution in [-0.2, 0) is 0 Å². The van der Waals surface area contributed by atoms with Gasteiger partial charge in [0.2, 0.25) is 0 Å². The van der Waals surface area contributed by atoms with Crippen molar-refractivity contribution >= 4 is 17.4 Å². The van der Waals surface area contributed by atoms with Gasteiger partial charge >= 0.3 is 6.18 Å². The van der Waals surface area contributed by atoms with E-state index < -0.39 is 12.8 Å². The Morgan fingerprint density at radius 3 is 2.63 bits per heavy atom. The Bertz CT molecular complexity index is 559. The van der Waals surface area contributed by atoms with Crippen LogP contribution < -0.4 is 4.74 Å². The highest BCUT2D eigenvalue weighted by molar-refractivity contribution is 7.08. The summed E-state index contributed by atoms with van der Waals surface area (Å²) in [7, 11) is 0. The normalized spacial score (nSPS) is 11.3. The summed E-state index contributed by atoms with van der Waals surface area (Å²) < 4.78 is 41.7. The zero-order valence-corrected chi connectivity index (χ0v) is 10.7. The summed E-state index contributed by atoms with van der Waals surface area (Å²) in [4.78, 5) is 0. The highest BCUT2D eigenvalue weighted by atomic mass is 32.1. The highest BCUT2D eigenvalue weighted by Crippen LogP contribution is 2.36. The van der Waals surface area contributed by atoms with Gasteiger partial charge in [-0.1, -0.05) is 24.8 Å². The molecule has 5 heteroatoms. The largest absolute Gasteiger partial charge is 0.483 e. The molecule has 0 spiro atoms. The molecule has 1 aromatic heterocycles. The standard InChI is InChI=1S/C14H11F3OS/c1-2-10-4-3-5-12(18-9-14(15,16)17)13(10)11-6-7-19-8-11/h2-8H,1,9H2. The Hall–Kier alpha value is -1.75. The summed E-state index contributed by atoms with van der Waals surface area (Å²) in [5.74, 6) is 0.216. The number of benzene rings is 1. The summed E-state index contributed by atoms with van der Waals surface area (Å²) >= 11 is 1.47. The minimum Gasteiger partial charge on any atom is -0.483 e. The fraction of sp³-hybridized carbons (Fsp3) is 0.143. The Labute approximate surface area is 113 Å². The molecule has 0 saturated heterocycles. The summed E-state index contributed by atoms with van der Waals surface area (Å²) in [5, 5.41) is 3.73. The van der Waals surface area contributed by atoms with Crippen LogP contribution in [0.15, 0.2) is 41.6 Å². The van der Waals surface area contributed by atoms with Gasteiger partial charge in [-0.3, -0.25) is 0 Å². The number of halogens is 3. The zero-order chi connectivity index (χ0) is 13.9. The molecule has 0 aliphatic heterocycles. The fourth-order valence-corrected chi connectivity index (χ4v) is 2.36. The van der Waals surface area contributed by atoms with Gasteiger partial charge in [0, 0.05) is 5.56 Å². The second kappa shape index (κ2) is 5.48. The Morgan fingerprint density at radius 2 is 2.05 bits per heavy atom. The molecule has 0 amide bonds. The van der Waals surface area contributed by atoms with Gasteiger partial charge in [-0.25, -0.2) is 0 Å². The molecule has 0 bridgehead atoms.